The molecule has 1 heterocycles. The molecule has 0 saturated carbocycles. The summed E-state index contributed by atoms with van der Waals surface area (Å²) in [6.45, 7) is 3.27. The van der Waals surface area contributed by atoms with Gasteiger partial charge in [0.05, 0.1) is 12.0 Å². The van der Waals surface area contributed by atoms with E-state index < -0.39 is 0 Å². The Balaban J connectivity index is 3.10. The Hall–Kier alpha value is -1.16. The largest absolute Gasteiger partial charge is 0.465 e. The lowest BCUT2D eigenvalue weighted by Gasteiger charge is -1.94. The molecule has 70 valence electrons. The molecule has 13 heavy (non-hydrogen) atoms. The predicted molar refractivity (Wildman–Crippen MR) is 50.4 cm³/mol. The van der Waals surface area contributed by atoms with Gasteiger partial charge >= 0.3 is 5.97 Å². The van der Waals surface area contributed by atoms with Crippen LogP contribution >= 0.6 is 11.3 Å². The van der Waals surface area contributed by atoms with Crippen molar-refractivity contribution >= 4 is 23.1 Å². The van der Waals surface area contributed by atoms with Crippen molar-refractivity contribution in [1.29, 1.82) is 0 Å². The van der Waals surface area contributed by atoms with E-state index in [9.17, 15) is 9.59 Å². The van der Waals surface area contributed by atoms with Gasteiger partial charge in [0, 0.05) is 0 Å². The summed E-state index contributed by atoms with van der Waals surface area (Å²) in [7, 11) is 1.33. The molecule has 0 amide bonds. The number of ether oxygens (including phenoxy) is 1. The molecule has 1 aromatic heterocycles. The van der Waals surface area contributed by atoms with Crippen LogP contribution in [0, 0.1) is 6.92 Å². The zero-order valence-electron chi connectivity index (χ0n) is 7.71. The maximum Gasteiger partial charge on any atom is 0.348 e. The van der Waals surface area contributed by atoms with Gasteiger partial charge in [0.25, 0.3) is 0 Å². The summed E-state index contributed by atoms with van der Waals surface area (Å²) in [6, 6.07) is 1.71. The number of carbonyl (C=O) groups excluding carboxylic acids is 2. The summed E-state index contributed by atoms with van der Waals surface area (Å²) in [5, 5.41) is 0. The molecule has 1 rings (SSSR count). The number of aryl methyl sites for hydroxylation is 1. The number of thiophene rings is 1. The summed E-state index contributed by atoms with van der Waals surface area (Å²) < 4.78 is 4.57. The zero-order valence-corrected chi connectivity index (χ0v) is 8.53. The van der Waals surface area contributed by atoms with Crippen molar-refractivity contribution in [1.82, 2.24) is 0 Å². The van der Waals surface area contributed by atoms with E-state index in [1.54, 1.807) is 13.0 Å². The third-order valence-electron chi connectivity index (χ3n) is 1.64. The summed E-state index contributed by atoms with van der Waals surface area (Å²) in [4.78, 5) is 23.2. The second-order valence-electron chi connectivity index (χ2n) is 2.67. The molecule has 0 aliphatic carbocycles. The normalized spacial score (nSPS) is 9.77. The van der Waals surface area contributed by atoms with E-state index in [-0.39, 0.29) is 11.8 Å². The van der Waals surface area contributed by atoms with Crippen molar-refractivity contribution in [2.75, 3.05) is 7.11 Å². The quantitative estimate of drug-likeness (QED) is 0.539. The number of carbonyl (C=O) groups is 2. The van der Waals surface area contributed by atoms with Crippen molar-refractivity contribution in [2.24, 2.45) is 0 Å². The number of hydrogen-bond acceptors (Lipinski definition) is 4. The van der Waals surface area contributed by atoms with Crippen LogP contribution in [0.3, 0.4) is 0 Å². The van der Waals surface area contributed by atoms with Crippen molar-refractivity contribution in [3.05, 3.63) is 21.4 Å². The number of ketones is 1. The Bertz CT molecular complexity index is 352. The molecule has 3 nitrogen and oxygen atoms in total. The first-order valence-electron chi connectivity index (χ1n) is 3.76. The molecule has 0 aliphatic rings. The molecule has 0 N–H and O–H groups in total. The van der Waals surface area contributed by atoms with E-state index in [2.05, 4.69) is 4.74 Å². The summed E-state index contributed by atoms with van der Waals surface area (Å²) in [5.74, 6) is -0.404. The molecular weight excluding hydrogens is 188 g/mol. The lowest BCUT2D eigenvalue weighted by molar-refractivity contribution is 0.0605. The minimum atomic E-state index is -0.380. The minimum Gasteiger partial charge on any atom is -0.465 e. The fourth-order valence-corrected chi connectivity index (χ4v) is 1.94. The maximum atomic E-state index is 11.1. The second kappa shape index (κ2) is 3.70. The van der Waals surface area contributed by atoms with Crippen molar-refractivity contribution in [3.63, 3.8) is 0 Å². The van der Waals surface area contributed by atoms with Gasteiger partial charge in [0.15, 0.2) is 5.78 Å². The van der Waals surface area contributed by atoms with Gasteiger partial charge in [0.2, 0.25) is 0 Å². The van der Waals surface area contributed by atoms with E-state index in [0.29, 0.717) is 9.75 Å². The van der Waals surface area contributed by atoms with Crippen LogP contribution in [0.4, 0.5) is 0 Å². The highest BCUT2D eigenvalue weighted by Crippen LogP contribution is 2.22. The lowest BCUT2D eigenvalue weighted by Crippen LogP contribution is -1.99. The highest BCUT2D eigenvalue weighted by molar-refractivity contribution is 7.16. The van der Waals surface area contributed by atoms with Crippen molar-refractivity contribution < 1.29 is 14.3 Å². The average molecular weight is 198 g/mol. The van der Waals surface area contributed by atoms with Gasteiger partial charge in [-0.05, 0) is 25.5 Å². The number of rotatable bonds is 2. The van der Waals surface area contributed by atoms with Crippen LogP contribution in [0.15, 0.2) is 6.07 Å². The molecule has 0 aromatic carbocycles. The smallest absolute Gasteiger partial charge is 0.348 e. The number of hydrogen-bond donors (Lipinski definition) is 0. The Kier molecular flexibility index (Phi) is 2.83. The van der Waals surface area contributed by atoms with Gasteiger partial charge in [-0.25, -0.2) is 4.79 Å². The van der Waals surface area contributed by atoms with Crippen LogP contribution in [0.1, 0.15) is 31.8 Å². The molecule has 4 heteroatoms. The Morgan fingerprint density at radius 1 is 1.46 bits per heavy atom. The molecule has 0 fully saturated rings. The van der Waals surface area contributed by atoms with Gasteiger partial charge in [0.1, 0.15) is 4.88 Å². The van der Waals surface area contributed by atoms with E-state index in [1.807, 2.05) is 0 Å². The van der Waals surface area contributed by atoms with E-state index in [1.165, 1.54) is 25.4 Å². The molecule has 0 spiro atoms. The summed E-state index contributed by atoms with van der Waals surface area (Å²) >= 11 is 1.18. The third-order valence-corrected chi connectivity index (χ3v) is 2.95. The molecular formula is C9H10O3S. The number of esters is 1. The first-order chi connectivity index (χ1) is 6.06. The van der Waals surface area contributed by atoms with E-state index in [0.717, 1.165) is 5.56 Å². The first-order valence-corrected chi connectivity index (χ1v) is 4.57. The Labute approximate surface area is 80.3 Å². The molecule has 0 aliphatic heterocycles. The van der Waals surface area contributed by atoms with Crippen molar-refractivity contribution in [2.45, 2.75) is 13.8 Å². The predicted octanol–water partition coefficient (Wildman–Crippen LogP) is 2.05. The van der Waals surface area contributed by atoms with Crippen LogP contribution in [0.25, 0.3) is 0 Å². The van der Waals surface area contributed by atoms with Crippen LogP contribution in [-0.4, -0.2) is 18.9 Å². The monoisotopic (exact) mass is 198 g/mol. The summed E-state index contributed by atoms with van der Waals surface area (Å²) in [6.07, 6.45) is 0. The van der Waals surface area contributed by atoms with Gasteiger partial charge < -0.3 is 4.74 Å². The van der Waals surface area contributed by atoms with Crippen molar-refractivity contribution in [3.8, 4) is 0 Å². The Morgan fingerprint density at radius 3 is 2.46 bits per heavy atom. The molecule has 1 aromatic rings. The highest BCUT2D eigenvalue weighted by atomic mass is 32.1. The zero-order chi connectivity index (χ0) is 10.0. The maximum absolute atomic E-state index is 11.1. The van der Waals surface area contributed by atoms with Crippen LogP contribution in [-0.2, 0) is 4.74 Å². The van der Waals surface area contributed by atoms with Gasteiger partial charge in [-0.15, -0.1) is 11.3 Å². The van der Waals surface area contributed by atoms with E-state index >= 15 is 0 Å². The highest BCUT2D eigenvalue weighted by Gasteiger charge is 2.15. The average Bonchev–Trinajstić information content (AvgIpc) is 2.46. The molecule has 0 unspecified atom stereocenters. The second-order valence-corrected chi connectivity index (χ2v) is 3.72. The summed E-state index contributed by atoms with van der Waals surface area (Å²) in [5.41, 5.74) is 0.794. The fourth-order valence-electron chi connectivity index (χ4n) is 0.951. The Morgan fingerprint density at radius 2 is 2.08 bits per heavy atom. The molecule has 0 saturated heterocycles. The SMILES string of the molecule is COC(=O)c1sc(C(C)=O)cc1C. The van der Waals surface area contributed by atoms with Gasteiger partial charge in [-0.1, -0.05) is 0 Å². The first kappa shape index (κ1) is 9.92. The molecule has 0 bridgehead atoms. The van der Waals surface area contributed by atoms with Gasteiger partial charge in [-0.2, -0.15) is 0 Å². The molecule has 0 atom stereocenters. The van der Waals surface area contributed by atoms with Crippen LogP contribution in [0.2, 0.25) is 0 Å². The van der Waals surface area contributed by atoms with Crippen LogP contribution < -0.4 is 0 Å². The standard InChI is InChI=1S/C9H10O3S/c1-5-4-7(6(2)10)13-8(5)9(11)12-3/h4H,1-3H3. The van der Waals surface area contributed by atoms with Crippen LogP contribution in [0.5, 0.6) is 0 Å². The topological polar surface area (TPSA) is 43.4 Å². The number of methoxy groups -OCH3 is 1. The van der Waals surface area contributed by atoms with E-state index in [4.69, 9.17) is 0 Å². The lowest BCUT2D eigenvalue weighted by atomic mass is 10.2. The fraction of sp³-hybridized carbons (Fsp3) is 0.333. The third kappa shape index (κ3) is 1.95. The number of Topliss-reactive ketones (excluding diaryl/α,β-unsaturated/α-hetero) is 1. The minimum absolute atomic E-state index is 0.0248. The molecule has 0 radical (unpaired) electrons. The van der Waals surface area contributed by atoms with Gasteiger partial charge in [-0.3, -0.25) is 4.79 Å².